The molecule has 0 aromatic rings. The van der Waals surface area contributed by atoms with Gasteiger partial charge in [0.25, 0.3) is 0 Å². The number of rotatable bonds is 12. The zero-order valence-electron chi connectivity index (χ0n) is 23.8. The normalized spacial score (nSPS) is 9.95. The summed E-state index contributed by atoms with van der Waals surface area (Å²) in [6.45, 7) is 10.8. The van der Waals surface area contributed by atoms with Crippen LogP contribution in [0.15, 0.2) is 0 Å². The van der Waals surface area contributed by atoms with Crippen LogP contribution in [-0.4, -0.2) is 101 Å². The average molecular weight is 710 g/mol. The van der Waals surface area contributed by atoms with Gasteiger partial charge in [0.15, 0.2) is 0 Å². The zero-order valence-corrected chi connectivity index (χ0v) is 29.4. The van der Waals surface area contributed by atoms with Gasteiger partial charge in [-0.3, -0.25) is 0 Å². The molecule has 0 rings (SSSR count). The maximum absolute atomic E-state index is 10.9. The minimum atomic E-state index is -0.916. The Kier molecular flexibility index (Phi) is 53.6. The Balaban J connectivity index is -0.000000114. The van der Waals surface area contributed by atoms with E-state index in [0.29, 0.717) is 12.8 Å². The molecule has 2 atom stereocenters. The van der Waals surface area contributed by atoms with Crippen molar-refractivity contribution >= 4 is 24.6 Å². The standard InChI is InChI=1S/2C9H16O7.2C2H6.2Y/c2*1-3-7(10)6-16-9(12)15-5-4-14-8(11)13-2;2*1-2;;/h2*7,10H,3-6H2,1-2H3;2*1-2H3;;. The van der Waals surface area contributed by atoms with Crippen molar-refractivity contribution in [2.75, 3.05) is 53.9 Å². The summed E-state index contributed by atoms with van der Waals surface area (Å²) < 4.78 is 35.4. The number of carbonyl (C=O) groups is 4. The Hall–Kier alpha value is -0.792. The van der Waals surface area contributed by atoms with Crippen LogP contribution < -0.4 is 0 Å². The molecule has 0 aliphatic carbocycles. The van der Waals surface area contributed by atoms with Crippen molar-refractivity contribution in [3.05, 3.63) is 0 Å². The Morgan fingerprint density at radius 2 is 0.763 bits per heavy atom. The van der Waals surface area contributed by atoms with Crippen LogP contribution in [0, 0.1) is 0 Å². The van der Waals surface area contributed by atoms with Gasteiger partial charge < -0.3 is 48.1 Å². The van der Waals surface area contributed by atoms with Crippen LogP contribution in [0.4, 0.5) is 19.2 Å². The zero-order chi connectivity index (χ0) is 28.8. The largest absolute Gasteiger partial charge is 0.508 e. The second-order valence-electron chi connectivity index (χ2n) is 5.55. The number of ether oxygens (including phenoxy) is 8. The predicted molar refractivity (Wildman–Crippen MR) is 127 cm³/mol. The first-order valence-corrected chi connectivity index (χ1v) is 11.6. The molecule has 2 radical (unpaired) electrons. The minimum absolute atomic E-state index is 0. The summed E-state index contributed by atoms with van der Waals surface area (Å²) in [6, 6.07) is 0. The SMILES string of the molecule is CC.CC.CCC(O)COC(=O)OCCOC(=O)OC.CCC(O)COC(=O)OCCOC(=O)OC.[Y].[Y]. The number of carbonyl (C=O) groups excluding carboxylic acids is 4. The van der Waals surface area contributed by atoms with Crippen molar-refractivity contribution in [2.24, 2.45) is 0 Å². The van der Waals surface area contributed by atoms with E-state index in [-0.39, 0.29) is 105 Å². The summed E-state index contributed by atoms with van der Waals surface area (Å²) in [4.78, 5) is 42.6. The van der Waals surface area contributed by atoms with Crippen LogP contribution >= 0.6 is 0 Å². The molecule has 14 nitrogen and oxygen atoms in total. The van der Waals surface area contributed by atoms with Crippen LogP contribution in [0.25, 0.3) is 0 Å². The molecular formula is C22H44O14Y2. The first-order chi connectivity index (χ1) is 17.2. The molecule has 0 aliphatic heterocycles. The first-order valence-electron chi connectivity index (χ1n) is 11.6. The molecule has 16 heteroatoms. The summed E-state index contributed by atoms with van der Waals surface area (Å²) in [5, 5.41) is 18.1. The molecule has 2 N–H and O–H groups in total. The van der Waals surface area contributed by atoms with E-state index in [9.17, 15) is 19.2 Å². The number of hydrogen-bond donors (Lipinski definition) is 2. The fourth-order valence-corrected chi connectivity index (χ4v) is 1.27. The number of aliphatic hydroxyl groups is 2. The summed E-state index contributed by atoms with van der Waals surface area (Å²) >= 11 is 0. The van der Waals surface area contributed by atoms with Crippen molar-refractivity contribution in [3.63, 3.8) is 0 Å². The third kappa shape index (κ3) is 42.3. The average Bonchev–Trinajstić information content (AvgIpc) is 2.92. The van der Waals surface area contributed by atoms with Gasteiger partial charge in [-0.2, -0.15) is 0 Å². The number of hydrogen-bond acceptors (Lipinski definition) is 14. The smallest absolute Gasteiger partial charge is 0.438 e. The van der Waals surface area contributed by atoms with Crippen LogP contribution in [-0.2, 0) is 103 Å². The third-order valence-corrected chi connectivity index (χ3v) is 3.11. The van der Waals surface area contributed by atoms with Crippen LogP contribution in [0.1, 0.15) is 54.4 Å². The van der Waals surface area contributed by atoms with Gasteiger partial charge in [0.2, 0.25) is 0 Å². The molecule has 0 bridgehead atoms. The van der Waals surface area contributed by atoms with E-state index in [2.05, 4.69) is 37.9 Å². The van der Waals surface area contributed by atoms with Crippen LogP contribution in [0.2, 0.25) is 0 Å². The van der Waals surface area contributed by atoms with Crippen molar-refractivity contribution in [1.29, 1.82) is 0 Å². The molecule has 0 aliphatic rings. The van der Waals surface area contributed by atoms with Crippen molar-refractivity contribution in [3.8, 4) is 0 Å². The predicted octanol–water partition coefficient (Wildman–Crippen LogP) is 3.43. The van der Waals surface area contributed by atoms with Crippen molar-refractivity contribution < 1.29 is 133 Å². The van der Waals surface area contributed by atoms with Crippen molar-refractivity contribution in [2.45, 2.75) is 66.6 Å². The monoisotopic (exact) mass is 710 g/mol. The molecule has 0 aromatic heterocycles. The van der Waals surface area contributed by atoms with Gasteiger partial charge in [-0.05, 0) is 12.8 Å². The molecule has 0 saturated heterocycles. The molecule has 222 valence electrons. The summed E-state index contributed by atoms with van der Waals surface area (Å²) in [7, 11) is 2.34. The Bertz CT molecular complexity index is 492. The molecule has 2 unspecified atom stereocenters. The van der Waals surface area contributed by atoms with E-state index in [1.807, 2.05) is 27.7 Å². The first kappa shape index (κ1) is 50.1. The van der Waals surface area contributed by atoms with Gasteiger partial charge in [0, 0.05) is 65.4 Å². The van der Waals surface area contributed by atoms with Gasteiger partial charge in [-0.25, -0.2) is 19.2 Å². The molecule has 38 heavy (non-hydrogen) atoms. The van der Waals surface area contributed by atoms with Gasteiger partial charge in [0.05, 0.1) is 26.4 Å². The van der Waals surface area contributed by atoms with E-state index < -0.39 is 36.8 Å². The van der Waals surface area contributed by atoms with Gasteiger partial charge in [-0.15, -0.1) is 0 Å². The van der Waals surface area contributed by atoms with E-state index in [4.69, 9.17) is 10.2 Å². The van der Waals surface area contributed by atoms with Gasteiger partial charge in [-0.1, -0.05) is 41.5 Å². The minimum Gasteiger partial charge on any atom is -0.438 e. The van der Waals surface area contributed by atoms with E-state index in [1.165, 1.54) is 14.2 Å². The third-order valence-electron chi connectivity index (χ3n) is 3.11. The topological polar surface area (TPSA) is 183 Å². The van der Waals surface area contributed by atoms with Crippen LogP contribution in [0.3, 0.4) is 0 Å². The molecular weight excluding hydrogens is 666 g/mol. The Labute approximate surface area is 275 Å². The summed E-state index contributed by atoms with van der Waals surface area (Å²) in [6.07, 6.45) is -3.95. The number of methoxy groups -OCH3 is 2. The van der Waals surface area contributed by atoms with E-state index >= 15 is 0 Å². The van der Waals surface area contributed by atoms with Gasteiger partial charge >= 0.3 is 24.6 Å². The van der Waals surface area contributed by atoms with Crippen molar-refractivity contribution in [1.82, 2.24) is 0 Å². The number of aliphatic hydroxyl groups excluding tert-OH is 2. The Morgan fingerprint density at radius 3 is 0.974 bits per heavy atom. The molecule has 0 heterocycles. The van der Waals surface area contributed by atoms with E-state index in [1.54, 1.807) is 13.8 Å². The molecule has 0 aromatic carbocycles. The summed E-state index contributed by atoms with van der Waals surface area (Å²) in [5.41, 5.74) is 0. The van der Waals surface area contributed by atoms with Gasteiger partial charge in [0.1, 0.15) is 39.6 Å². The molecule has 0 amide bonds. The maximum Gasteiger partial charge on any atom is 0.508 e. The summed E-state index contributed by atoms with van der Waals surface area (Å²) in [5.74, 6) is 0. The second kappa shape index (κ2) is 40.7. The molecule has 0 fully saturated rings. The molecule has 0 saturated carbocycles. The maximum atomic E-state index is 10.9. The second-order valence-corrected chi connectivity index (χ2v) is 5.55. The fraction of sp³-hybridized carbons (Fsp3) is 0.818. The van der Waals surface area contributed by atoms with E-state index in [0.717, 1.165) is 0 Å². The van der Waals surface area contributed by atoms with Crippen LogP contribution in [0.5, 0.6) is 0 Å². The fourth-order valence-electron chi connectivity index (χ4n) is 1.27. The molecule has 0 spiro atoms. The Morgan fingerprint density at radius 1 is 0.526 bits per heavy atom. The quantitative estimate of drug-likeness (QED) is 0.171.